The summed E-state index contributed by atoms with van der Waals surface area (Å²) in [6.07, 6.45) is 0.0808. The van der Waals surface area contributed by atoms with Gasteiger partial charge < -0.3 is 15.4 Å². The lowest BCUT2D eigenvalue weighted by atomic mass is 10.1. The van der Waals surface area contributed by atoms with E-state index in [1.165, 1.54) is 0 Å². The number of benzene rings is 1. The normalized spacial score (nSPS) is 12.3. The van der Waals surface area contributed by atoms with Gasteiger partial charge in [0.05, 0.1) is 11.8 Å². The Labute approximate surface area is 115 Å². The van der Waals surface area contributed by atoms with E-state index < -0.39 is 0 Å². The van der Waals surface area contributed by atoms with E-state index in [-0.39, 0.29) is 17.9 Å². The van der Waals surface area contributed by atoms with Gasteiger partial charge in [-0.25, -0.2) is 0 Å². The molecule has 1 unspecified atom stereocenters. The highest BCUT2D eigenvalue weighted by Gasteiger charge is 2.14. The average Bonchev–Trinajstić information content (AvgIpc) is 2.37. The van der Waals surface area contributed by atoms with Gasteiger partial charge in [-0.15, -0.1) is 0 Å². The van der Waals surface area contributed by atoms with Crippen molar-refractivity contribution < 1.29 is 9.53 Å². The first-order chi connectivity index (χ1) is 9.04. The Balaban J connectivity index is 2.68. The Morgan fingerprint density at radius 3 is 2.58 bits per heavy atom. The van der Waals surface area contributed by atoms with Gasteiger partial charge in [-0.05, 0) is 32.5 Å². The van der Waals surface area contributed by atoms with Crippen LogP contribution in [0, 0.1) is 5.92 Å². The Hall–Kier alpha value is -1.55. The quantitative estimate of drug-likeness (QED) is 0.796. The van der Waals surface area contributed by atoms with E-state index in [0.29, 0.717) is 12.3 Å². The maximum Gasteiger partial charge on any atom is 0.228 e. The molecule has 0 saturated heterocycles. The third-order valence-electron chi connectivity index (χ3n) is 2.66. The van der Waals surface area contributed by atoms with Gasteiger partial charge in [0, 0.05) is 12.5 Å². The van der Waals surface area contributed by atoms with Crippen LogP contribution in [0.1, 0.15) is 27.7 Å². The van der Waals surface area contributed by atoms with Crippen LogP contribution < -0.4 is 15.4 Å². The fraction of sp³-hybridized carbons (Fsp3) is 0.533. The van der Waals surface area contributed by atoms with Crippen LogP contribution in [0.25, 0.3) is 0 Å². The number of amides is 1. The van der Waals surface area contributed by atoms with Crippen molar-refractivity contribution in [3.63, 3.8) is 0 Å². The van der Waals surface area contributed by atoms with Crippen molar-refractivity contribution in [1.82, 2.24) is 5.32 Å². The monoisotopic (exact) mass is 264 g/mol. The van der Waals surface area contributed by atoms with Crippen molar-refractivity contribution in [2.45, 2.75) is 33.8 Å². The Morgan fingerprint density at radius 1 is 1.26 bits per heavy atom. The van der Waals surface area contributed by atoms with Gasteiger partial charge in [0.2, 0.25) is 5.91 Å². The van der Waals surface area contributed by atoms with Crippen LogP contribution in [0.15, 0.2) is 24.3 Å². The van der Waals surface area contributed by atoms with Crippen molar-refractivity contribution >= 4 is 11.6 Å². The number of nitrogens with one attached hydrogen (secondary N) is 2. The van der Waals surface area contributed by atoms with E-state index >= 15 is 0 Å². The summed E-state index contributed by atoms with van der Waals surface area (Å²) in [7, 11) is 0. The highest BCUT2D eigenvalue weighted by atomic mass is 16.5. The van der Waals surface area contributed by atoms with Gasteiger partial charge in [0.15, 0.2) is 0 Å². The molecule has 1 aromatic rings. The SMILES string of the molecule is CCNCC(C)C(=O)Nc1ccccc1OC(C)C. The molecule has 4 heteroatoms. The van der Waals surface area contributed by atoms with E-state index in [1.807, 2.05) is 52.0 Å². The molecule has 1 atom stereocenters. The lowest BCUT2D eigenvalue weighted by Gasteiger charge is -2.17. The summed E-state index contributed by atoms with van der Waals surface area (Å²) >= 11 is 0. The molecule has 0 fully saturated rings. The molecule has 0 saturated carbocycles. The van der Waals surface area contributed by atoms with E-state index in [4.69, 9.17) is 4.74 Å². The molecular weight excluding hydrogens is 240 g/mol. The van der Waals surface area contributed by atoms with Crippen molar-refractivity contribution in [3.8, 4) is 5.75 Å². The third-order valence-corrected chi connectivity index (χ3v) is 2.66. The summed E-state index contributed by atoms with van der Waals surface area (Å²) in [6.45, 7) is 9.40. The summed E-state index contributed by atoms with van der Waals surface area (Å²) in [5, 5.41) is 6.09. The number of hydrogen-bond acceptors (Lipinski definition) is 3. The fourth-order valence-corrected chi connectivity index (χ4v) is 1.64. The molecule has 0 aliphatic carbocycles. The second-order valence-corrected chi connectivity index (χ2v) is 4.86. The number of rotatable bonds is 7. The summed E-state index contributed by atoms with van der Waals surface area (Å²) < 4.78 is 5.68. The van der Waals surface area contributed by atoms with Crippen LogP contribution in [-0.4, -0.2) is 25.1 Å². The molecule has 1 amide bonds. The molecule has 0 radical (unpaired) electrons. The highest BCUT2D eigenvalue weighted by Crippen LogP contribution is 2.25. The molecular formula is C15H24N2O2. The second kappa shape index (κ2) is 7.79. The Kier molecular flexibility index (Phi) is 6.36. The maximum absolute atomic E-state index is 12.0. The van der Waals surface area contributed by atoms with E-state index in [0.717, 1.165) is 12.2 Å². The summed E-state index contributed by atoms with van der Waals surface area (Å²) in [4.78, 5) is 12.0. The average molecular weight is 264 g/mol. The molecule has 0 aromatic heterocycles. The highest BCUT2D eigenvalue weighted by molar-refractivity contribution is 5.93. The number of hydrogen-bond donors (Lipinski definition) is 2. The minimum atomic E-state index is -0.0768. The number of anilines is 1. The van der Waals surface area contributed by atoms with Gasteiger partial charge >= 0.3 is 0 Å². The van der Waals surface area contributed by atoms with Gasteiger partial charge in [-0.1, -0.05) is 26.0 Å². The van der Waals surface area contributed by atoms with Crippen LogP contribution in [0.2, 0.25) is 0 Å². The molecule has 1 rings (SSSR count). The molecule has 2 N–H and O–H groups in total. The van der Waals surface area contributed by atoms with Crippen molar-refractivity contribution in [2.75, 3.05) is 18.4 Å². The van der Waals surface area contributed by atoms with Crippen LogP contribution >= 0.6 is 0 Å². The smallest absolute Gasteiger partial charge is 0.228 e. The molecule has 0 spiro atoms. The van der Waals surface area contributed by atoms with Crippen LogP contribution in [0.3, 0.4) is 0 Å². The molecule has 4 nitrogen and oxygen atoms in total. The van der Waals surface area contributed by atoms with E-state index in [1.54, 1.807) is 0 Å². The van der Waals surface area contributed by atoms with Crippen molar-refractivity contribution in [2.24, 2.45) is 5.92 Å². The number of ether oxygens (including phenoxy) is 1. The van der Waals surface area contributed by atoms with Gasteiger partial charge in [-0.3, -0.25) is 4.79 Å². The third kappa shape index (κ3) is 5.30. The van der Waals surface area contributed by atoms with Gasteiger partial charge in [0.25, 0.3) is 0 Å². The van der Waals surface area contributed by atoms with E-state index in [2.05, 4.69) is 10.6 Å². The first kappa shape index (κ1) is 15.5. The maximum atomic E-state index is 12.0. The number of carbonyl (C=O) groups excluding carboxylic acids is 1. The lowest BCUT2D eigenvalue weighted by molar-refractivity contribution is -0.119. The first-order valence-corrected chi connectivity index (χ1v) is 6.81. The molecule has 0 aliphatic rings. The zero-order valence-electron chi connectivity index (χ0n) is 12.2. The van der Waals surface area contributed by atoms with Crippen LogP contribution in [0.5, 0.6) is 5.75 Å². The zero-order valence-corrected chi connectivity index (χ0v) is 12.2. The number of para-hydroxylation sites is 2. The van der Waals surface area contributed by atoms with Crippen molar-refractivity contribution in [1.29, 1.82) is 0 Å². The largest absolute Gasteiger partial charge is 0.489 e. The van der Waals surface area contributed by atoms with Crippen LogP contribution in [0.4, 0.5) is 5.69 Å². The predicted octanol–water partition coefficient (Wildman–Crippen LogP) is 2.66. The minimum Gasteiger partial charge on any atom is -0.489 e. The molecule has 0 aliphatic heterocycles. The summed E-state index contributed by atoms with van der Waals surface area (Å²) in [6, 6.07) is 7.51. The van der Waals surface area contributed by atoms with Gasteiger partial charge in [-0.2, -0.15) is 0 Å². The Morgan fingerprint density at radius 2 is 1.95 bits per heavy atom. The molecule has 106 valence electrons. The Bertz CT molecular complexity index is 405. The lowest BCUT2D eigenvalue weighted by Crippen LogP contribution is -2.30. The zero-order chi connectivity index (χ0) is 14.3. The standard InChI is InChI=1S/C15H24N2O2/c1-5-16-10-12(4)15(18)17-13-8-6-7-9-14(13)19-11(2)3/h6-9,11-12,16H,5,10H2,1-4H3,(H,17,18). The molecule has 19 heavy (non-hydrogen) atoms. The van der Waals surface area contributed by atoms with Gasteiger partial charge in [0.1, 0.15) is 5.75 Å². The summed E-state index contributed by atoms with van der Waals surface area (Å²) in [5.74, 6) is 0.634. The summed E-state index contributed by atoms with van der Waals surface area (Å²) in [5.41, 5.74) is 0.726. The second-order valence-electron chi connectivity index (χ2n) is 4.86. The minimum absolute atomic E-state index is 0.000700. The first-order valence-electron chi connectivity index (χ1n) is 6.81. The topological polar surface area (TPSA) is 50.4 Å². The molecule has 0 heterocycles. The predicted molar refractivity (Wildman–Crippen MR) is 78.5 cm³/mol. The van der Waals surface area contributed by atoms with Crippen molar-refractivity contribution in [3.05, 3.63) is 24.3 Å². The molecule has 0 bridgehead atoms. The number of carbonyl (C=O) groups is 1. The molecule has 1 aromatic carbocycles. The fourth-order valence-electron chi connectivity index (χ4n) is 1.64. The van der Waals surface area contributed by atoms with E-state index in [9.17, 15) is 4.79 Å². The van der Waals surface area contributed by atoms with Crippen LogP contribution in [-0.2, 0) is 4.79 Å².